The monoisotopic (exact) mass is 273 g/mol. The van der Waals surface area contributed by atoms with Crippen molar-refractivity contribution in [3.63, 3.8) is 0 Å². The smallest absolute Gasteiger partial charge is 0.321 e. The number of carbonyl (C=O) groups is 1. The lowest BCUT2D eigenvalue weighted by atomic mass is 10.2. The number of hydrogen-bond donors (Lipinski definition) is 2. The molecule has 0 saturated carbocycles. The van der Waals surface area contributed by atoms with Gasteiger partial charge in [0.15, 0.2) is 0 Å². The average Bonchev–Trinajstić information content (AvgIpc) is 2.78. The van der Waals surface area contributed by atoms with E-state index in [1.165, 1.54) is 11.8 Å². The van der Waals surface area contributed by atoms with E-state index in [1.54, 1.807) is 25.3 Å². The van der Waals surface area contributed by atoms with Gasteiger partial charge in [0.2, 0.25) is 0 Å². The number of hydrogen-bond acceptors (Lipinski definition) is 4. The van der Waals surface area contributed by atoms with Gasteiger partial charge in [-0.05, 0) is 18.2 Å². The van der Waals surface area contributed by atoms with Crippen LogP contribution in [0.3, 0.4) is 0 Å². The Bertz CT molecular complexity index is 441. The van der Waals surface area contributed by atoms with Crippen molar-refractivity contribution in [3.8, 4) is 5.75 Å². The molecule has 1 aliphatic rings. The molecule has 0 bridgehead atoms. The molecule has 4 nitrogen and oxygen atoms in total. The molecule has 0 amide bonds. The lowest BCUT2D eigenvalue weighted by molar-refractivity contribution is -0.138. The summed E-state index contributed by atoms with van der Waals surface area (Å²) in [5.74, 6) is 0.418. The molecule has 2 N–H and O–H groups in total. The number of thioether (sulfide) groups is 1. The van der Waals surface area contributed by atoms with Crippen molar-refractivity contribution < 1.29 is 14.6 Å². The summed E-state index contributed by atoms with van der Waals surface area (Å²) < 4.78 is 5.25. The van der Waals surface area contributed by atoms with Gasteiger partial charge in [-0.1, -0.05) is 11.6 Å². The molecular weight excluding hydrogens is 262 g/mol. The minimum atomic E-state index is -0.832. The maximum Gasteiger partial charge on any atom is 0.321 e. The molecule has 1 saturated heterocycles. The quantitative estimate of drug-likeness (QED) is 0.884. The van der Waals surface area contributed by atoms with E-state index in [-0.39, 0.29) is 5.37 Å². The number of rotatable bonds is 3. The summed E-state index contributed by atoms with van der Waals surface area (Å²) in [4.78, 5) is 10.9. The third-order valence-corrected chi connectivity index (χ3v) is 4.04. The molecule has 1 aliphatic heterocycles. The molecule has 1 heterocycles. The summed E-state index contributed by atoms with van der Waals surface area (Å²) in [6, 6.07) is 4.82. The van der Waals surface area contributed by atoms with Crippen molar-refractivity contribution in [2.75, 3.05) is 12.9 Å². The van der Waals surface area contributed by atoms with Gasteiger partial charge in [-0.25, -0.2) is 0 Å². The number of ether oxygens (including phenoxy) is 1. The minimum Gasteiger partial charge on any atom is -0.496 e. The van der Waals surface area contributed by atoms with E-state index >= 15 is 0 Å². The van der Waals surface area contributed by atoms with Gasteiger partial charge in [-0.2, -0.15) is 0 Å². The maximum atomic E-state index is 10.9. The highest BCUT2D eigenvalue weighted by Gasteiger charge is 2.31. The van der Waals surface area contributed by atoms with Crippen LogP contribution in [0.15, 0.2) is 18.2 Å². The van der Waals surface area contributed by atoms with E-state index in [2.05, 4.69) is 5.32 Å². The molecule has 0 aliphatic carbocycles. The predicted molar refractivity (Wildman–Crippen MR) is 67.8 cm³/mol. The second kappa shape index (κ2) is 5.16. The van der Waals surface area contributed by atoms with E-state index in [9.17, 15) is 4.79 Å². The van der Waals surface area contributed by atoms with E-state index in [4.69, 9.17) is 21.4 Å². The van der Waals surface area contributed by atoms with Gasteiger partial charge in [0.25, 0.3) is 0 Å². The lowest BCUT2D eigenvalue weighted by Crippen LogP contribution is -2.33. The van der Waals surface area contributed by atoms with Crippen LogP contribution in [0.1, 0.15) is 10.9 Å². The number of methoxy groups -OCH3 is 1. The van der Waals surface area contributed by atoms with E-state index in [0.29, 0.717) is 16.5 Å². The van der Waals surface area contributed by atoms with Crippen LogP contribution in [-0.2, 0) is 4.79 Å². The summed E-state index contributed by atoms with van der Waals surface area (Å²) in [5, 5.41) is 12.5. The maximum absolute atomic E-state index is 10.9. The topological polar surface area (TPSA) is 58.6 Å². The zero-order valence-electron chi connectivity index (χ0n) is 9.14. The van der Waals surface area contributed by atoms with Crippen LogP contribution >= 0.6 is 23.4 Å². The average molecular weight is 274 g/mol. The van der Waals surface area contributed by atoms with Gasteiger partial charge in [0.1, 0.15) is 11.8 Å². The molecular formula is C11H12ClNO3S. The Kier molecular flexibility index (Phi) is 3.81. The third-order valence-electron chi connectivity index (χ3n) is 2.55. The normalized spacial score (nSPS) is 23.6. The Labute approximate surface area is 108 Å². The van der Waals surface area contributed by atoms with Crippen LogP contribution in [0.25, 0.3) is 0 Å². The molecule has 0 radical (unpaired) electrons. The number of aliphatic carboxylic acids is 1. The van der Waals surface area contributed by atoms with Gasteiger partial charge < -0.3 is 9.84 Å². The van der Waals surface area contributed by atoms with Gasteiger partial charge in [-0.3, -0.25) is 10.1 Å². The van der Waals surface area contributed by atoms with Crippen molar-refractivity contribution >= 4 is 29.3 Å². The molecule has 6 heteroatoms. The second-order valence-electron chi connectivity index (χ2n) is 3.66. The molecule has 2 unspecified atom stereocenters. The van der Waals surface area contributed by atoms with Gasteiger partial charge in [0, 0.05) is 16.3 Å². The first-order chi connectivity index (χ1) is 8.11. The molecule has 1 fully saturated rings. The third kappa shape index (κ3) is 2.68. The number of halogens is 1. The standard InChI is InChI=1S/C11H12ClNO3S/c1-16-9-3-2-6(12)4-7(9)10-13-8(5-17-10)11(14)15/h2-4,8,10,13H,5H2,1H3,(H,14,15). The van der Waals surface area contributed by atoms with Gasteiger partial charge in [0.05, 0.1) is 12.5 Å². The first-order valence-electron chi connectivity index (χ1n) is 5.05. The largest absolute Gasteiger partial charge is 0.496 e. The molecule has 17 heavy (non-hydrogen) atoms. The number of benzene rings is 1. The van der Waals surface area contributed by atoms with Crippen LogP contribution in [0.2, 0.25) is 5.02 Å². The Hall–Kier alpha value is -0.910. The Balaban J connectivity index is 2.23. The van der Waals surface area contributed by atoms with Crippen LogP contribution < -0.4 is 10.1 Å². The fourth-order valence-electron chi connectivity index (χ4n) is 1.70. The van der Waals surface area contributed by atoms with Crippen molar-refractivity contribution in [3.05, 3.63) is 28.8 Å². The summed E-state index contributed by atoms with van der Waals surface area (Å²) in [6.45, 7) is 0. The van der Waals surface area contributed by atoms with Crippen molar-refractivity contribution in [2.24, 2.45) is 0 Å². The summed E-state index contributed by atoms with van der Waals surface area (Å²) >= 11 is 7.48. The highest BCUT2D eigenvalue weighted by Crippen LogP contribution is 2.38. The highest BCUT2D eigenvalue weighted by atomic mass is 35.5. The van der Waals surface area contributed by atoms with E-state index < -0.39 is 12.0 Å². The zero-order valence-corrected chi connectivity index (χ0v) is 10.7. The number of nitrogens with one attached hydrogen (secondary N) is 1. The van der Waals surface area contributed by atoms with Crippen molar-refractivity contribution in [2.45, 2.75) is 11.4 Å². The fourth-order valence-corrected chi connectivity index (χ4v) is 3.13. The van der Waals surface area contributed by atoms with Gasteiger partial charge >= 0.3 is 5.97 Å². The number of carboxylic acids is 1. The first-order valence-corrected chi connectivity index (χ1v) is 6.48. The van der Waals surface area contributed by atoms with E-state index in [1.807, 2.05) is 0 Å². The van der Waals surface area contributed by atoms with Crippen molar-refractivity contribution in [1.82, 2.24) is 5.32 Å². The molecule has 1 aromatic rings. The Morgan fingerprint density at radius 1 is 1.65 bits per heavy atom. The summed E-state index contributed by atoms with van der Waals surface area (Å²) in [7, 11) is 1.58. The molecule has 92 valence electrons. The fraction of sp³-hybridized carbons (Fsp3) is 0.364. The number of carboxylic acid groups (broad SMARTS) is 1. The summed E-state index contributed by atoms with van der Waals surface area (Å²) in [5.41, 5.74) is 0.883. The van der Waals surface area contributed by atoms with Gasteiger partial charge in [-0.15, -0.1) is 11.8 Å². The SMILES string of the molecule is COc1ccc(Cl)cc1C1NC(C(=O)O)CS1. The van der Waals surface area contributed by atoms with Crippen LogP contribution in [-0.4, -0.2) is 30.0 Å². The van der Waals surface area contributed by atoms with Crippen LogP contribution in [0, 0.1) is 0 Å². The highest BCUT2D eigenvalue weighted by molar-refractivity contribution is 7.99. The molecule has 2 rings (SSSR count). The van der Waals surface area contributed by atoms with Crippen LogP contribution in [0.4, 0.5) is 0 Å². The van der Waals surface area contributed by atoms with E-state index in [0.717, 1.165) is 5.56 Å². The zero-order chi connectivity index (χ0) is 12.4. The van der Waals surface area contributed by atoms with Crippen molar-refractivity contribution in [1.29, 1.82) is 0 Å². The first kappa shape index (κ1) is 12.5. The molecule has 1 aromatic carbocycles. The molecule has 0 aromatic heterocycles. The Morgan fingerprint density at radius 3 is 3.00 bits per heavy atom. The second-order valence-corrected chi connectivity index (χ2v) is 5.23. The predicted octanol–water partition coefficient (Wildman–Crippen LogP) is 2.14. The summed E-state index contributed by atoms with van der Waals surface area (Å²) in [6.07, 6.45) is 0. The Morgan fingerprint density at radius 2 is 2.41 bits per heavy atom. The van der Waals surface area contributed by atoms with Crippen LogP contribution in [0.5, 0.6) is 5.75 Å². The lowest BCUT2D eigenvalue weighted by Gasteiger charge is -2.15. The minimum absolute atomic E-state index is 0.0928. The molecule has 0 spiro atoms. The molecule has 2 atom stereocenters.